The van der Waals surface area contributed by atoms with Crippen molar-refractivity contribution in [2.24, 2.45) is 11.7 Å². The Labute approximate surface area is 80.0 Å². The van der Waals surface area contributed by atoms with Crippen LogP contribution in [0.2, 0.25) is 0 Å². The first kappa shape index (κ1) is 10.9. The van der Waals surface area contributed by atoms with E-state index in [-0.39, 0.29) is 11.8 Å². The van der Waals surface area contributed by atoms with Crippen molar-refractivity contribution < 1.29 is 8.42 Å². The van der Waals surface area contributed by atoms with Crippen molar-refractivity contribution in [1.29, 1.82) is 0 Å². The lowest BCUT2D eigenvalue weighted by Crippen LogP contribution is -2.37. The highest BCUT2D eigenvalue weighted by Crippen LogP contribution is 2.17. The van der Waals surface area contributed by atoms with Gasteiger partial charge in [0, 0.05) is 18.8 Å². The quantitative estimate of drug-likeness (QED) is 0.664. The average molecular weight is 206 g/mol. The molecule has 1 rings (SSSR count). The second kappa shape index (κ2) is 3.94. The molecule has 0 aliphatic carbocycles. The number of nitrogens with two attached hydrogens (primary N) is 1. The first-order chi connectivity index (χ1) is 5.88. The molecule has 2 unspecified atom stereocenters. The van der Waals surface area contributed by atoms with Crippen LogP contribution in [-0.4, -0.2) is 51.5 Å². The number of nitrogens with zero attached hydrogens (tertiary/aromatic N) is 1. The molecule has 1 heterocycles. The zero-order chi connectivity index (χ0) is 10.1. The topological polar surface area (TPSA) is 63.4 Å². The fraction of sp³-hybridized carbons (Fsp3) is 1.00. The van der Waals surface area contributed by atoms with Crippen LogP contribution in [0.5, 0.6) is 0 Å². The van der Waals surface area contributed by atoms with Gasteiger partial charge < -0.3 is 10.6 Å². The second-order valence-electron chi connectivity index (χ2n) is 4.07. The summed E-state index contributed by atoms with van der Waals surface area (Å²) < 4.78 is 22.0. The molecule has 2 atom stereocenters. The fourth-order valence-electron chi connectivity index (χ4n) is 1.80. The Bertz CT molecular complexity index is 263. The first-order valence-electron chi connectivity index (χ1n) is 4.50. The molecule has 13 heavy (non-hydrogen) atoms. The molecule has 0 bridgehead atoms. The van der Waals surface area contributed by atoms with Crippen molar-refractivity contribution >= 4 is 9.84 Å². The molecular formula is C8H18N2O2S. The Morgan fingerprint density at radius 3 is 2.62 bits per heavy atom. The standard InChI is InChI=1S/C8H18N2O2S/c1-10-4-3-7(5-10)8(9)6-13(2,11)12/h7-8H,3-6,9H2,1-2H3. The molecule has 1 aliphatic heterocycles. The van der Waals surface area contributed by atoms with Gasteiger partial charge in [-0.2, -0.15) is 0 Å². The predicted molar refractivity (Wildman–Crippen MR) is 53.3 cm³/mol. The zero-order valence-electron chi connectivity index (χ0n) is 8.23. The molecule has 0 aromatic carbocycles. The fourth-order valence-corrected chi connectivity index (χ4v) is 2.78. The molecule has 0 aromatic heterocycles. The normalized spacial score (nSPS) is 27.8. The highest BCUT2D eigenvalue weighted by Gasteiger charge is 2.27. The average Bonchev–Trinajstić information content (AvgIpc) is 2.31. The predicted octanol–water partition coefficient (Wildman–Crippen LogP) is -0.690. The van der Waals surface area contributed by atoms with E-state index in [1.807, 2.05) is 7.05 Å². The molecule has 1 saturated heterocycles. The molecule has 2 N–H and O–H groups in total. The molecular weight excluding hydrogens is 188 g/mol. The highest BCUT2D eigenvalue weighted by atomic mass is 32.2. The summed E-state index contributed by atoms with van der Waals surface area (Å²) in [4.78, 5) is 2.19. The molecule has 0 radical (unpaired) electrons. The van der Waals surface area contributed by atoms with Crippen molar-refractivity contribution in [2.75, 3.05) is 32.1 Å². The number of hydrogen-bond acceptors (Lipinski definition) is 4. The van der Waals surface area contributed by atoms with Gasteiger partial charge in [-0.1, -0.05) is 0 Å². The van der Waals surface area contributed by atoms with Gasteiger partial charge in [0.25, 0.3) is 0 Å². The van der Waals surface area contributed by atoms with Crippen LogP contribution >= 0.6 is 0 Å². The summed E-state index contributed by atoms with van der Waals surface area (Å²) in [5.41, 5.74) is 5.82. The lowest BCUT2D eigenvalue weighted by Gasteiger charge is -2.17. The van der Waals surface area contributed by atoms with E-state index in [2.05, 4.69) is 4.90 Å². The smallest absolute Gasteiger partial charge is 0.148 e. The minimum atomic E-state index is -2.92. The molecule has 0 saturated carbocycles. The van der Waals surface area contributed by atoms with E-state index in [4.69, 9.17) is 5.73 Å². The van der Waals surface area contributed by atoms with E-state index in [0.29, 0.717) is 5.92 Å². The summed E-state index contributed by atoms with van der Waals surface area (Å²) in [5, 5.41) is 0. The van der Waals surface area contributed by atoms with Crippen molar-refractivity contribution in [1.82, 2.24) is 4.90 Å². The highest BCUT2D eigenvalue weighted by molar-refractivity contribution is 7.90. The first-order valence-corrected chi connectivity index (χ1v) is 6.56. The van der Waals surface area contributed by atoms with Crippen molar-refractivity contribution in [3.05, 3.63) is 0 Å². The Kier molecular flexibility index (Phi) is 3.32. The summed E-state index contributed by atoms with van der Waals surface area (Å²) in [6.07, 6.45) is 2.26. The molecule has 1 aliphatic rings. The lowest BCUT2D eigenvalue weighted by molar-refractivity contribution is 0.377. The van der Waals surface area contributed by atoms with E-state index in [9.17, 15) is 8.42 Å². The monoisotopic (exact) mass is 206 g/mol. The van der Waals surface area contributed by atoms with Crippen molar-refractivity contribution in [3.8, 4) is 0 Å². The lowest BCUT2D eigenvalue weighted by atomic mass is 10.0. The van der Waals surface area contributed by atoms with Crippen LogP contribution in [0.15, 0.2) is 0 Å². The van der Waals surface area contributed by atoms with Gasteiger partial charge in [0.05, 0.1) is 5.75 Å². The summed E-state index contributed by atoms with van der Waals surface area (Å²) in [5.74, 6) is 0.464. The summed E-state index contributed by atoms with van der Waals surface area (Å²) in [6, 6.07) is -0.194. The van der Waals surface area contributed by atoms with Crippen LogP contribution in [0.1, 0.15) is 6.42 Å². The van der Waals surface area contributed by atoms with Gasteiger partial charge in [0.1, 0.15) is 9.84 Å². The maximum absolute atomic E-state index is 11.0. The molecule has 0 amide bonds. The van der Waals surface area contributed by atoms with Gasteiger partial charge in [-0.15, -0.1) is 0 Å². The molecule has 5 heteroatoms. The van der Waals surface area contributed by atoms with Crippen LogP contribution in [0.25, 0.3) is 0 Å². The van der Waals surface area contributed by atoms with Gasteiger partial charge in [-0.3, -0.25) is 0 Å². The van der Waals surface area contributed by atoms with Crippen LogP contribution < -0.4 is 5.73 Å². The second-order valence-corrected chi connectivity index (χ2v) is 6.25. The summed E-state index contributed by atoms with van der Waals surface area (Å²) in [6.45, 7) is 1.96. The van der Waals surface area contributed by atoms with Gasteiger partial charge in [-0.25, -0.2) is 8.42 Å². The summed E-state index contributed by atoms with van der Waals surface area (Å²) >= 11 is 0. The third kappa shape index (κ3) is 3.62. The van der Waals surface area contributed by atoms with E-state index in [1.165, 1.54) is 6.26 Å². The van der Waals surface area contributed by atoms with Crippen LogP contribution in [0.4, 0.5) is 0 Å². The maximum atomic E-state index is 11.0. The maximum Gasteiger partial charge on any atom is 0.148 e. The van der Waals surface area contributed by atoms with E-state index in [0.717, 1.165) is 19.5 Å². The van der Waals surface area contributed by atoms with E-state index >= 15 is 0 Å². The Balaban J connectivity index is 2.45. The molecule has 78 valence electrons. The molecule has 1 fully saturated rings. The van der Waals surface area contributed by atoms with Crippen LogP contribution in [-0.2, 0) is 9.84 Å². The van der Waals surface area contributed by atoms with E-state index in [1.54, 1.807) is 0 Å². The Hall–Kier alpha value is -0.130. The van der Waals surface area contributed by atoms with Gasteiger partial charge in [0.2, 0.25) is 0 Å². The molecule has 0 aromatic rings. The van der Waals surface area contributed by atoms with Crippen molar-refractivity contribution in [3.63, 3.8) is 0 Å². The molecule has 0 spiro atoms. The van der Waals surface area contributed by atoms with Crippen LogP contribution in [0.3, 0.4) is 0 Å². The number of likely N-dealkylation sites (tertiary alicyclic amines) is 1. The third-order valence-corrected chi connectivity index (χ3v) is 3.52. The minimum Gasteiger partial charge on any atom is -0.326 e. The van der Waals surface area contributed by atoms with Gasteiger partial charge >= 0.3 is 0 Å². The Morgan fingerprint density at radius 1 is 1.62 bits per heavy atom. The number of rotatable bonds is 3. The zero-order valence-corrected chi connectivity index (χ0v) is 9.05. The van der Waals surface area contributed by atoms with Gasteiger partial charge in [-0.05, 0) is 25.9 Å². The van der Waals surface area contributed by atoms with Gasteiger partial charge in [0.15, 0.2) is 0 Å². The Morgan fingerprint density at radius 2 is 2.23 bits per heavy atom. The SMILES string of the molecule is CN1CCC(C(N)CS(C)(=O)=O)C1. The third-order valence-electron chi connectivity index (χ3n) is 2.53. The number of sulfone groups is 1. The van der Waals surface area contributed by atoms with Crippen molar-refractivity contribution in [2.45, 2.75) is 12.5 Å². The van der Waals surface area contributed by atoms with E-state index < -0.39 is 9.84 Å². The summed E-state index contributed by atoms with van der Waals surface area (Å²) in [7, 11) is -0.887. The molecule has 4 nitrogen and oxygen atoms in total. The largest absolute Gasteiger partial charge is 0.326 e. The number of hydrogen-bond donors (Lipinski definition) is 1. The van der Waals surface area contributed by atoms with Crippen LogP contribution in [0, 0.1) is 5.92 Å². The minimum absolute atomic E-state index is 0.117.